The molecule has 0 aliphatic carbocycles. The molecule has 1 amide bonds. The van der Waals surface area contributed by atoms with Crippen LogP contribution in [0.5, 0.6) is 0 Å². The molecular formula is C59H120N2O7P+. The first-order chi connectivity index (χ1) is 33.4. The van der Waals surface area contributed by atoms with E-state index in [1.165, 1.54) is 238 Å². The Morgan fingerprint density at radius 1 is 0.493 bits per heavy atom. The van der Waals surface area contributed by atoms with Gasteiger partial charge in [-0.05, 0) is 38.5 Å². The molecule has 0 aliphatic heterocycles. The van der Waals surface area contributed by atoms with Gasteiger partial charge in [0.2, 0.25) is 5.91 Å². The number of quaternary nitrogens is 1. The molecule has 9 nitrogen and oxygen atoms in total. The molecule has 0 saturated heterocycles. The fourth-order valence-corrected chi connectivity index (χ4v) is 10.1. The molecule has 0 rings (SSSR count). The van der Waals surface area contributed by atoms with Crippen molar-refractivity contribution in [2.45, 2.75) is 321 Å². The Morgan fingerprint density at radius 2 is 0.812 bits per heavy atom. The molecule has 4 unspecified atom stereocenters. The minimum absolute atomic E-state index is 0.0250. The third kappa shape index (κ3) is 51.9. The van der Waals surface area contributed by atoms with E-state index in [4.69, 9.17) is 9.05 Å². The maximum absolute atomic E-state index is 13.0. The number of nitrogens with zero attached hydrogens (tertiary/aromatic N) is 1. The predicted molar refractivity (Wildman–Crippen MR) is 297 cm³/mol. The van der Waals surface area contributed by atoms with Gasteiger partial charge in [-0.1, -0.05) is 270 Å². The van der Waals surface area contributed by atoms with Crippen molar-refractivity contribution in [3.63, 3.8) is 0 Å². The smallest absolute Gasteiger partial charge is 0.390 e. The Labute approximate surface area is 429 Å². The second kappa shape index (κ2) is 50.7. The van der Waals surface area contributed by atoms with Crippen molar-refractivity contribution in [3.05, 3.63) is 12.2 Å². The van der Waals surface area contributed by atoms with Crippen LogP contribution in [0.3, 0.4) is 0 Å². The van der Waals surface area contributed by atoms with E-state index in [0.29, 0.717) is 23.9 Å². The Kier molecular flexibility index (Phi) is 50.1. The van der Waals surface area contributed by atoms with Gasteiger partial charge in [0.05, 0.1) is 39.9 Å². The SMILES string of the molecule is CCCCCCCCCC/C=C\CCCCCCCCCCCCCCCCCCCCCCCC(=O)NC(COP(=O)(O)OCC[N+](C)(C)C)C(O)C(O)CCCCCCCCCCCCCC. The minimum atomic E-state index is -4.42. The molecule has 0 aromatic heterocycles. The van der Waals surface area contributed by atoms with E-state index in [2.05, 4.69) is 31.3 Å². The quantitative estimate of drug-likeness (QED) is 0.0207. The Balaban J connectivity index is 4.01. The van der Waals surface area contributed by atoms with Gasteiger partial charge in [-0.3, -0.25) is 13.8 Å². The first kappa shape index (κ1) is 68.2. The third-order valence-electron chi connectivity index (χ3n) is 14.1. The van der Waals surface area contributed by atoms with E-state index < -0.39 is 32.7 Å². The van der Waals surface area contributed by atoms with E-state index in [9.17, 15) is 24.5 Å². The number of nitrogens with one attached hydrogen (secondary N) is 1. The van der Waals surface area contributed by atoms with Gasteiger partial charge in [0, 0.05) is 6.42 Å². The molecule has 4 atom stereocenters. The van der Waals surface area contributed by atoms with Crippen molar-refractivity contribution >= 4 is 13.7 Å². The van der Waals surface area contributed by atoms with Crippen molar-refractivity contribution in [2.24, 2.45) is 0 Å². The van der Waals surface area contributed by atoms with Crippen LogP contribution < -0.4 is 5.32 Å². The van der Waals surface area contributed by atoms with Crippen molar-refractivity contribution < 1.29 is 38.0 Å². The van der Waals surface area contributed by atoms with Crippen LogP contribution in [0, 0.1) is 0 Å². The average Bonchev–Trinajstić information content (AvgIpc) is 3.31. The Morgan fingerprint density at radius 3 is 1.16 bits per heavy atom. The van der Waals surface area contributed by atoms with Crippen LogP contribution in [0.25, 0.3) is 0 Å². The molecule has 0 aromatic carbocycles. The lowest BCUT2D eigenvalue weighted by Crippen LogP contribution is -2.51. The van der Waals surface area contributed by atoms with E-state index in [1.807, 2.05) is 21.1 Å². The topological polar surface area (TPSA) is 125 Å². The van der Waals surface area contributed by atoms with Crippen molar-refractivity contribution in [1.82, 2.24) is 5.32 Å². The summed E-state index contributed by atoms with van der Waals surface area (Å²) in [5.74, 6) is -0.252. The molecule has 0 aromatic rings. The van der Waals surface area contributed by atoms with Gasteiger partial charge in [0.15, 0.2) is 0 Å². The summed E-state index contributed by atoms with van der Waals surface area (Å²) in [6, 6.07) is -1.03. The number of phosphoric acid groups is 1. The Bertz CT molecular complexity index is 1150. The first-order valence-electron chi connectivity index (χ1n) is 30.1. The standard InChI is InChI=1S/C59H119N2O7P/c1-6-8-10-12-14-16-18-20-21-22-23-24-25-26-27-28-29-30-31-32-33-34-35-36-37-38-39-40-42-44-46-48-50-52-58(63)60-56(55-68-69(65,66)67-54-53-61(3,4)5)59(64)57(62)51-49-47-45-43-41-19-17-15-13-11-9-7-2/h22-23,56-57,59,62,64H,6-21,24-55H2,1-5H3,(H-,60,63,65,66)/p+1/b23-22-. The number of rotatable bonds is 56. The summed E-state index contributed by atoms with van der Waals surface area (Å²) >= 11 is 0. The highest BCUT2D eigenvalue weighted by Gasteiger charge is 2.32. The second-order valence-electron chi connectivity index (χ2n) is 22.2. The zero-order valence-electron chi connectivity index (χ0n) is 46.7. The van der Waals surface area contributed by atoms with Crippen LogP contribution >= 0.6 is 7.82 Å². The summed E-state index contributed by atoms with van der Waals surface area (Å²) in [4.78, 5) is 23.3. The number of aliphatic hydroxyl groups excluding tert-OH is 2. The molecule has 0 bridgehead atoms. The van der Waals surface area contributed by atoms with Gasteiger partial charge in [-0.25, -0.2) is 4.57 Å². The van der Waals surface area contributed by atoms with E-state index in [0.717, 1.165) is 38.5 Å². The number of phosphoric ester groups is 1. The minimum Gasteiger partial charge on any atom is -0.390 e. The molecule has 10 heteroatoms. The summed E-state index contributed by atoms with van der Waals surface area (Å²) < 4.78 is 23.6. The lowest BCUT2D eigenvalue weighted by molar-refractivity contribution is -0.870. The summed E-state index contributed by atoms with van der Waals surface area (Å²) in [5.41, 5.74) is 0. The maximum Gasteiger partial charge on any atom is 0.472 e. The van der Waals surface area contributed by atoms with Crippen LogP contribution in [-0.4, -0.2) is 84.6 Å². The number of allylic oxidation sites excluding steroid dienone is 2. The second-order valence-corrected chi connectivity index (χ2v) is 23.7. The summed E-state index contributed by atoms with van der Waals surface area (Å²) in [7, 11) is 1.45. The molecule has 412 valence electrons. The number of carbonyl (C=O) groups is 1. The number of likely N-dealkylation sites (N-methyl/N-ethyl adjacent to an activating group) is 1. The predicted octanol–water partition coefficient (Wildman–Crippen LogP) is 17.2. The number of hydrogen-bond acceptors (Lipinski definition) is 6. The molecule has 0 fully saturated rings. The van der Waals surface area contributed by atoms with Gasteiger partial charge >= 0.3 is 7.82 Å². The zero-order valence-corrected chi connectivity index (χ0v) is 47.6. The monoisotopic (exact) mass is 1000 g/mol. The van der Waals surface area contributed by atoms with E-state index in [1.54, 1.807) is 0 Å². The Hall–Kier alpha value is -0.800. The highest BCUT2D eigenvalue weighted by atomic mass is 31.2. The van der Waals surface area contributed by atoms with E-state index >= 15 is 0 Å². The largest absolute Gasteiger partial charge is 0.472 e. The number of unbranched alkanes of at least 4 members (excludes halogenated alkanes) is 40. The molecule has 0 heterocycles. The molecule has 0 radical (unpaired) electrons. The normalized spacial score (nSPS) is 14.4. The summed E-state index contributed by atoms with van der Waals surface area (Å²) in [6.45, 7) is 4.64. The number of hydrogen-bond donors (Lipinski definition) is 4. The number of carbonyl (C=O) groups excluding carboxylic acids is 1. The fourth-order valence-electron chi connectivity index (χ4n) is 9.32. The molecular weight excluding hydrogens is 880 g/mol. The maximum atomic E-state index is 13.0. The third-order valence-corrected chi connectivity index (χ3v) is 15.1. The van der Waals surface area contributed by atoms with Crippen molar-refractivity contribution in [3.8, 4) is 0 Å². The van der Waals surface area contributed by atoms with Crippen LogP contribution in [0.2, 0.25) is 0 Å². The van der Waals surface area contributed by atoms with Crippen LogP contribution in [-0.2, 0) is 18.4 Å². The van der Waals surface area contributed by atoms with Gasteiger partial charge in [-0.15, -0.1) is 0 Å². The lowest BCUT2D eigenvalue weighted by atomic mass is 9.99. The first-order valence-corrected chi connectivity index (χ1v) is 31.6. The van der Waals surface area contributed by atoms with Crippen LogP contribution in [0.15, 0.2) is 12.2 Å². The van der Waals surface area contributed by atoms with Crippen LogP contribution in [0.4, 0.5) is 0 Å². The molecule has 69 heavy (non-hydrogen) atoms. The molecule has 4 N–H and O–H groups in total. The number of aliphatic hydroxyl groups is 2. The van der Waals surface area contributed by atoms with Crippen LogP contribution in [0.1, 0.15) is 303 Å². The molecule has 0 saturated carbocycles. The van der Waals surface area contributed by atoms with Crippen molar-refractivity contribution in [2.75, 3.05) is 40.9 Å². The van der Waals surface area contributed by atoms with Gasteiger partial charge in [-0.2, -0.15) is 0 Å². The average molecular weight is 1000 g/mol. The van der Waals surface area contributed by atoms with Gasteiger partial charge in [0.25, 0.3) is 0 Å². The highest BCUT2D eigenvalue weighted by Crippen LogP contribution is 2.43. The lowest BCUT2D eigenvalue weighted by Gasteiger charge is -2.28. The van der Waals surface area contributed by atoms with Crippen molar-refractivity contribution in [1.29, 1.82) is 0 Å². The summed E-state index contributed by atoms with van der Waals surface area (Å²) in [6.07, 6.45) is 58.9. The fraction of sp³-hybridized carbons (Fsp3) is 0.949. The van der Waals surface area contributed by atoms with Gasteiger partial charge in [0.1, 0.15) is 19.3 Å². The molecule has 0 aliphatic rings. The van der Waals surface area contributed by atoms with Gasteiger partial charge < -0.3 is 24.9 Å². The van der Waals surface area contributed by atoms with E-state index in [-0.39, 0.29) is 12.5 Å². The highest BCUT2D eigenvalue weighted by molar-refractivity contribution is 7.47. The number of amides is 1. The zero-order chi connectivity index (χ0) is 50.8. The molecule has 0 spiro atoms. The summed E-state index contributed by atoms with van der Waals surface area (Å²) in [5, 5.41) is 24.8.